The summed E-state index contributed by atoms with van der Waals surface area (Å²) in [6.07, 6.45) is 0. The van der Waals surface area contributed by atoms with E-state index in [1.54, 1.807) is 7.11 Å². The van der Waals surface area contributed by atoms with Crippen molar-refractivity contribution in [3.8, 4) is 0 Å². The van der Waals surface area contributed by atoms with Crippen molar-refractivity contribution in [3.63, 3.8) is 0 Å². The van der Waals surface area contributed by atoms with E-state index in [1.807, 2.05) is 13.0 Å². The van der Waals surface area contributed by atoms with E-state index in [4.69, 9.17) is 21.3 Å². The summed E-state index contributed by atoms with van der Waals surface area (Å²) in [6.45, 7) is 8.72. The van der Waals surface area contributed by atoms with Gasteiger partial charge in [0.15, 0.2) is 0 Å². The zero-order chi connectivity index (χ0) is 15.4. The number of ether oxygens (including phenoxy) is 1. The predicted octanol–water partition coefficient (Wildman–Crippen LogP) is 4.06. The number of rotatable bonds is 6. The van der Waals surface area contributed by atoms with Crippen LogP contribution in [0.2, 0.25) is 5.02 Å². The first-order chi connectivity index (χ1) is 10.0. The van der Waals surface area contributed by atoms with E-state index in [0.717, 1.165) is 34.9 Å². The third kappa shape index (κ3) is 3.73. The predicted molar refractivity (Wildman–Crippen MR) is 89.2 cm³/mol. The second-order valence-corrected chi connectivity index (χ2v) is 6.01. The molecule has 0 aliphatic carbocycles. The zero-order valence-electron chi connectivity index (χ0n) is 13.2. The molecule has 0 atom stereocenters. The molecule has 1 N–H and O–H groups in total. The molecule has 0 aliphatic rings. The second kappa shape index (κ2) is 7.21. The first-order valence-electron chi connectivity index (χ1n) is 7.33. The Balaban J connectivity index is 2.44. The lowest BCUT2D eigenvalue weighted by Crippen LogP contribution is -2.19. The van der Waals surface area contributed by atoms with E-state index in [-0.39, 0.29) is 0 Å². The Labute approximate surface area is 131 Å². The van der Waals surface area contributed by atoms with Crippen LogP contribution in [0.4, 0.5) is 0 Å². The van der Waals surface area contributed by atoms with Crippen LogP contribution < -0.4 is 5.32 Å². The molecule has 3 nitrogen and oxygen atoms in total. The molecule has 0 radical (unpaired) electrons. The van der Waals surface area contributed by atoms with Gasteiger partial charge in [-0.25, -0.2) is 0 Å². The average Bonchev–Trinajstić information content (AvgIpc) is 2.47. The topological polar surface area (TPSA) is 34.1 Å². The van der Waals surface area contributed by atoms with Crippen molar-refractivity contribution in [1.82, 2.24) is 10.3 Å². The van der Waals surface area contributed by atoms with Crippen molar-refractivity contribution in [3.05, 3.63) is 40.0 Å². The number of aromatic nitrogens is 1. The van der Waals surface area contributed by atoms with Gasteiger partial charge < -0.3 is 10.1 Å². The minimum atomic E-state index is 0.394. The molecule has 0 amide bonds. The lowest BCUT2D eigenvalue weighted by Gasteiger charge is -2.14. The number of nitrogens with zero attached hydrogens (tertiary/aromatic N) is 1. The van der Waals surface area contributed by atoms with Crippen LogP contribution in [0.15, 0.2) is 18.2 Å². The van der Waals surface area contributed by atoms with E-state index >= 15 is 0 Å². The summed E-state index contributed by atoms with van der Waals surface area (Å²) in [4.78, 5) is 4.80. The van der Waals surface area contributed by atoms with Gasteiger partial charge in [-0.2, -0.15) is 0 Å². The Morgan fingerprint density at radius 2 is 2.10 bits per heavy atom. The lowest BCUT2D eigenvalue weighted by atomic mass is 10.0. The monoisotopic (exact) mass is 306 g/mol. The summed E-state index contributed by atoms with van der Waals surface area (Å²) in [7, 11) is 1.71. The SMILES string of the molecule is COCCNCc1cc(C(C)C)nc2c(C)c(Cl)ccc12. The number of methoxy groups -OCH3 is 1. The maximum Gasteiger partial charge on any atom is 0.0752 e. The largest absolute Gasteiger partial charge is 0.383 e. The molecule has 2 rings (SSSR count). The van der Waals surface area contributed by atoms with E-state index in [0.29, 0.717) is 12.5 Å². The number of hydrogen-bond donors (Lipinski definition) is 1. The minimum absolute atomic E-state index is 0.394. The van der Waals surface area contributed by atoms with Crippen molar-refractivity contribution in [1.29, 1.82) is 0 Å². The standard InChI is InChI=1S/C17H23ClN2O/c1-11(2)16-9-13(10-19-7-8-21-4)14-5-6-15(18)12(3)17(14)20-16/h5-6,9,11,19H,7-8,10H2,1-4H3. The van der Waals surface area contributed by atoms with Crippen LogP contribution in [0.5, 0.6) is 0 Å². The lowest BCUT2D eigenvalue weighted by molar-refractivity contribution is 0.199. The third-order valence-electron chi connectivity index (χ3n) is 3.66. The molecule has 0 saturated carbocycles. The van der Waals surface area contributed by atoms with Gasteiger partial charge in [0.1, 0.15) is 0 Å². The molecule has 4 heteroatoms. The molecule has 2 aromatic rings. The number of aryl methyl sites for hydroxylation is 1. The Morgan fingerprint density at radius 1 is 1.33 bits per heavy atom. The molecule has 1 heterocycles. The number of benzene rings is 1. The van der Waals surface area contributed by atoms with Crippen LogP contribution in [0.25, 0.3) is 10.9 Å². The Morgan fingerprint density at radius 3 is 2.76 bits per heavy atom. The van der Waals surface area contributed by atoms with Gasteiger partial charge >= 0.3 is 0 Å². The molecular formula is C17H23ClN2O. The summed E-state index contributed by atoms with van der Waals surface area (Å²) in [6, 6.07) is 6.21. The Bertz CT molecular complexity index is 626. The molecule has 0 saturated heterocycles. The van der Waals surface area contributed by atoms with Gasteiger partial charge in [0.2, 0.25) is 0 Å². The Kier molecular flexibility index (Phi) is 5.57. The van der Waals surface area contributed by atoms with Crippen LogP contribution >= 0.6 is 11.6 Å². The van der Waals surface area contributed by atoms with Crippen molar-refractivity contribution in [2.45, 2.75) is 33.2 Å². The van der Waals surface area contributed by atoms with Gasteiger partial charge in [-0.15, -0.1) is 0 Å². The number of fused-ring (bicyclic) bond motifs is 1. The first kappa shape index (κ1) is 16.2. The molecule has 0 bridgehead atoms. The normalized spacial score (nSPS) is 11.5. The average molecular weight is 307 g/mol. The summed E-state index contributed by atoms with van der Waals surface area (Å²) >= 11 is 6.25. The van der Waals surface area contributed by atoms with Crippen LogP contribution in [0, 0.1) is 6.92 Å². The van der Waals surface area contributed by atoms with E-state index in [9.17, 15) is 0 Å². The van der Waals surface area contributed by atoms with Gasteiger partial charge in [-0.05, 0) is 36.1 Å². The minimum Gasteiger partial charge on any atom is -0.383 e. The molecule has 1 aromatic heterocycles. The quantitative estimate of drug-likeness (QED) is 0.817. The van der Waals surface area contributed by atoms with Gasteiger partial charge in [0.25, 0.3) is 0 Å². The molecule has 1 aromatic carbocycles. The highest BCUT2D eigenvalue weighted by atomic mass is 35.5. The first-order valence-corrected chi connectivity index (χ1v) is 7.70. The van der Waals surface area contributed by atoms with E-state index in [2.05, 4.69) is 31.3 Å². The maximum atomic E-state index is 6.25. The van der Waals surface area contributed by atoms with Crippen molar-refractivity contribution in [2.24, 2.45) is 0 Å². The summed E-state index contributed by atoms with van der Waals surface area (Å²) in [5, 5.41) is 5.35. The van der Waals surface area contributed by atoms with Crippen LogP contribution in [-0.4, -0.2) is 25.2 Å². The highest BCUT2D eigenvalue weighted by Gasteiger charge is 2.11. The van der Waals surface area contributed by atoms with Gasteiger partial charge in [0, 0.05) is 36.3 Å². The fourth-order valence-electron chi connectivity index (χ4n) is 2.34. The van der Waals surface area contributed by atoms with Crippen LogP contribution in [0.3, 0.4) is 0 Å². The van der Waals surface area contributed by atoms with Gasteiger partial charge in [0.05, 0.1) is 12.1 Å². The third-order valence-corrected chi connectivity index (χ3v) is 4.07. The number of hydrogen-bond acceptors (Lipinski definition) is 3. The number of halogens is 1. The highest BCUT2D eigenvalue weighted by Crippen LogP contribution is 2.28. The van der Waals surface area contributed by atoms with Crippen LogP contribution in [-0.2, 0) is 11.3 Å². The molecule has 21 heavy (non-hydrogen) atoms. The summed E-state index contributed by atoms with van der Waals surface area (Å²) in [5.41, 5.74) is 4.43. The molecular weight excluding hydrogens is 284 g/mol. The summed E-state index contributed by atoms with van der Waals surface area (Å²) < 4.78 is 5.07. The molecule has 0 unspecified atom stereocenters. The van der Waals surface area contributed by atoms with Gasteiger partial charge in [-0.1, -0.05) is 31.5 Å². The molecule has 114 valence electrons. The van der Waals surface area contributed by atoms with Crippen molar-refractivity contribution < 1.29 is 4.74 Å². The highest BCUT2D eigenvalue weighted by molar-refractivity contribution is 6.32. The van der Waals surface area contributed by atoms with Gasteiger partial charge in [-0.3, -0.25) is 4.98 Å². The number of pyridine rings is 1. The molecule has 0 aliphatic heterocycles. The molecule has 0 spiro atoms. The summed E-state index contributed by atoms with van der Waals surface area (Å²) in [5.74, 6) is 0.394. The molecule has 0 fully saturated rings. The van der Waals surface area contributed by atoms with E-state index in [1.165, 1.54) is 10.9 Å². The van der Waals surface area contributed by atoms with Crippen LogP contribution in [0.1, 0.15) is 36.6 Å². The maximum absolute atomic E-state index is 6.25. The second-order valence-electron chi connectivity index (χ2n) is 5.60. The van der Waals surface area contributed by atoms with Crippen molar-refractivity contribution in [2.75, 3.05) is 20.3 Å². The Hall–Kier alpha value is -1.16. The fraction of sp³-hybridized carbons (Fsp3) is 0.471. The van der Waals surface area contributed by atoms with E-state index < -0.39 is 0 Å². The smallest absolute Gasteiger partial charge is 0.0752 e. The number of nitrogens with one attached hydrogen (secondary N) is 1. The van der Waals surface area contributed by atoms with Crippen molar-refractivity contribution >= 4 is 22.5 Å². The fourth-order valence-corrected chi connectivity index (χ4v) is 2.49. The zero-order valence-corrected chi connectivity index (χ0v) is 13.9.